The number of fused-ring (bicyclic) bond motifs is 1. The van der Waals surface area contributed by atoms with Crippen LogP contribution in [0.1, 0.15) is 20.1 Å². The van der Waals surface area contributed by atoms with Crippen molar-refractivity contribution in [2.45, 2.75) is 37.1 Å². The first-order chi connectivity index (χ1) is 16.0. The minimum Gasteiger partial charge on any atom is -0.458 e. The Morgan fingerprint density at radius 3 is 2.48 bits per heavy atom. The zero-order valence-electron chi connectivity index (χ0n) is 18.2. The van der Waals surface area contributed by atoms with E-state index in [0.29, 0.717) is 5.82 Å². The van der Waals surface area contributed by atoms with Crippen LogP contribution >= 0.6 is 15.9 Å². The number of hydrogen-bond acceptors (Lipinski definition) is 6. The van der Waals surface area contributed by atoms with Crippen LogP contribution in [0.3, 0.4) is 0 Å². The molecule has 0 spiro atoms. The molecule has 0 saturated carbocycles. The molecule has 0 aliphatic carbocycles. The Morgan fingerprint density at radius 1 is 1.09 bits per heavy atom. The van der Waals surface area contributed by atoms with Gasteiger partial charge in [-0.15, -0.1) is 0 Å². The van der Waals surface area contributed by atoms with Crippen molar-refractivity contribution >= 4 is 44.4 Å². The van der Waals surface area contributed by atoms with Gasteiger partial charge in [-0.1, -0.05) is 64.5 Å². The molecule has 0 bridgehead atoms. The minimum absolute atomic E-state index is 0.240. The second kappa shape index (κ2) is 8.96. The van der Waals surface area contributed by atoms with Crippen LogP contribution < -0.4 is 5.32 Å². The molecule has 0 unspecified atom stereocenters. The Kier molecular flexibility index (Phi) is 5.86. The number of carbonyl (C=O) groups is 1. The summed E-state index contributed by atoms with van der Waals surface area (Å²) < 4.78 is 13.8. The fraction of sp³-hybridized carbons (Fsp3) is 0.240. The average Bonchev–Trinajstić information content (AvgIpc) is 3.34. The van der Waals surface area contributed by atoms with Gasteiger partial charge in [0.25, 0.3) is 0 Å². The van der Waals surface area contributed by atoms with Gasteiger partial charge in [0, 0.05) is 24.4 Å². The van der Waals surface area contributed by atoms with Gasteiger partial charge in [0.05, 0.1) is 16.3 Å². The zero-order valence-corrected chi connectivity index (χ0v) is 19.8. The molecule has 1 fully saturated rings. The fourth-order valence-corrected chi connectivity index (χ4v) is 5.15. The molecule has 2 aromatic carbocycles. The number of ether oxygens (including phenoxy) is 2. The maximum absolute atomic E-state index is 11.6. The topological polar surface area (TPSA) is 78.3 Å². The summed E-state index contributed by atoms with van der Waals surface area (Å²) in [6.45, 7) is 3.32. The molecule has 0 radical (unpaired) electrons. The summed E-state index contributed by atoms with van der Waals surface area (Å²) >= 11 is 3.72. The van der Waals surface area contributed by atoms with Gasteiger partial charge in [0.1, 0.15) is 23.9 Å². The minimum atomic E-state index is -0.413. The van der Waals surface area contributed by atoms with E-state index in [1.54, 1.807) is 6.33 Å². The molecule has 1 aliphatic heterocycles. The van der Waals surface area contributed by atoms with Crippen LogP contribution in [0.4, 0.5) is 11.5 Å². The van der Waals surface area contributed by atoms with E-state index in [1.165, 1.54) is 6.92 Å². The van der Waals surface area contributed by atoms with Crippen molar-refractivity contribution < 1.29 is 14.3 Å². The van der Waals surface area contributed by atoms with Crippen molar-refractivity contribution in [2.75, 3.05) is 5.32 Å². The Labute approximate surface area is 199 Å². The summed E-state index contributed by atoms with van der Waals surface area (Å²) in [5.74, 6) is 0.372. The molecule has 2 aromatic heterocycles. The van der Waals surface area contributed by atoms with Gasteiger partial charge < -0.3 is 19.4 Å². The summed E-state index contributed by atoms with van der Waals surface area (Å²) in [5, 5.41) is 4.32. The summed E-state index contributed by atoms with van der Waals surface area (Å²) in [6, 6.07) is 20.0. The second-order valence-electron chi connectivity index (χ2n) is 7.98. The largest absolute Gasteiger partial charge is 0.458 e. The number of aromatic nitrogens is 3. The van der Waals surface area contributed by atoms with Gasteiger partial charge in [0.2, 0.25) is 0 Å². The lowest BCUT2D eigenvalue weighted by atomic mass is 10.1. The molecule has 1 saturated heterocycles. The van der Waals surface area contributed by atoms with Gasteiger partial charge in [-0.2, -0.15) is 0 Å². The lowest BCUT2D eigenvalue weighted by molar-refractivity contribution is -0.148. The van der Waals surface area contributed by atoms with E-state index in [0.717, 1.165) is 27.8 Å². The standard InChI is InChI=1S/C25H23BrN4O3/c1-15-22(33-16(2)31)21(26)25(32-15)30-13-19(17-9-5-3-6-10-17)20-23(27-14-28-24(20)30)29-18-11-7-4-8-12-18/h3-15,21-22,25H,1-2H3,(H,27,28,29)/t15-,21+,22-,25-/m1/s1. The summed E-state index contributed by atoms with van der Waals surface area (Å²) in [7, 11) is 0. The summed E-state index contributed by atoms with van der Waals surface area (Å²) in [6.07, 6.45) is 2.48. The van der Waals surface area contributed by atoms with Crippen molar-refractivity contribution in [3.63, 3.8) is 0 Å². The highest BCUT2D eigenvalue weighted by Crippen LogP contribution is 2.42. The number of benzene rings is 2. The fourth-order valence-electron chi connectivity index (χ4n) is 4.23. The number of carbonyl (C=O) groups excluding carboxylic acids is 1. The Hall–Kier alpha value is -3.23. The second-order valence-corrected chi connectivity index (χ2v) is 9.04. The molecular formula is C25H23BrN4O3. The van der Waals surface area contributed by atoms with Crippen molar-refractivity contribution in [3.8, 4) is 11.1 Å². The SMILES string of the molecule is CC(=O)O[C@H]1[C@H](Br)[C@H](n2cc(-c3ccccc3)c3c(Nc4ccccc4)ncnc32)O[C@@H]1C. The number of halogens is 1. The predicted octanol–water partition coefficient (Wildman–Crippen LogP) is 5.45. The molecule has 0 amide bonds. The van der Waals surface area contributed by atoms with Crippen molar-refractivity contribution in [3.05, 3.63) is 73.2 Å². The molecule has 8 heteroatoms. The van der Waals surface area contributed by atoms with E-state index in [9.17, 15) is 4.79 Å². The third kappa shape index (κ3) is 4.12. The molecule has 1 aliphatic rings. The number of alkyl halides is 1. The van der Waals surface area contributed by atoms with E-state index < -0.39 is 12.3 Å². The Morgan fingerprint density at radius 2 is 1.79 bits per heavy atom. The van der Waals surface area contributed by atoms with E-state index in [1.807, 2.05) is 66.2 Å². The van der Waals surface area contributed by atoms with Crippen molar-refractivity contribution in [1.82, 2.24) is 14.5 Å². The van der Waals surface area contributed by atoms with Crippen molar-refractivity contribution in [2.24, 2.45) is 0 Å². The number of esters is 1. The van der Waals surface area contributed by atoms with Crippen LogP contribution in [0, 0.1) is 0 Å². The maximum atomic E-state index is 11.6. The molecule has 4 aromatic rings. The van der Waals surface area contributed by atoms with Crippen LogP contribution in [0.15, 0.2) is 73.2 Å². The third-order valence-corrected chi connectivity index (χ3v) is 6.68. The van der Waals surface area contributed by atoms with Gasteiger partial charge >= 0.3 is 5.97 Å². The third-order valence-electron chi connectivity index (χ3n) is 5.71. The number of nitrogens with one attached hydrogen (secondary N) is 1. The highest BCUT2D eigenvalue weighted by Gasteiger charge is 2.45. The highest BCUT2D eigenvalue weighted by atomic mass is 79.9. The van der Waals surface area contributed by atoms with Gasteiger partial charge in [0.15, 0.2) is 6.23 Å². The highest BCUT2D eigenvalue weighted by molar-refractivity contribution is 9.09. The monoisotopic (exact) mass is 506 g/mol. The van der Waals surface area contributed by atoms with Gasteiger partial charge in [-0.05, 0) is 24.6 Å². The summed E-state index contributed by atoms with van der Waals surface area (Å²) in [5.41, 5.74) is 3.69. The zero-order chi connectivity index (χ0) is 22.9. The van der Waals surface area contributed by atoms with Crippen LogP contribution in [-0.4, -0.2) is 37.5 Å². The normalized spacial score (nSPS) is 22.4. The Balaban J connectivity index is 1.65. The van der Waals surface area contributed by atoms with E-state index in [-0.39, 0.29) is 16.9 Å². The maximum Gasteiger partial charge on any atom is 0.303 e. The smallest absolute Gasteiger partial charge is 0.303 e. The van der Waals surface area contributed by atoms with E-state index in [2.05, 4.69) is 43.3 Å². The predicted molar refractivity (Wildman–Crippen MR) is 131 cm³/mol. The van der Waals surface area contributed by atoms with Crippen LogP contribution in [0.25, 0.3) is 22.2 Å². The number of rotatable bonds is 5. The van der Waals surface area contributed by atoms with Crippen molar-refractivity contribution in [1.29, 1.82) is 0 Å². The van der Waals surface area contributed by atoms with Crippen LogP contribution in [0.5, 0.6) is 0 Å². The Bertz CT molecular complexity index is 1280. The first kappa shape index (κ1) is 21.6. The van der Waals surface area contributed by atoms with E-state index in [4.69, 9.17) is 9.47 Å². The lowest BCUT2D eigenvalue weighted by Gasteiger charge is -2.19. The molecule has 5 rings (SSSR count). The van der Waals surface area contributed by atoms with Crippen LogP contribution in [-0.2, 0) is 14.3 Å². The summed E-state index contributed by atoms with van der Waals surface area (Å²) in [4.78, 5) is 20.6. The molecule has 3 heterocycles. The number of nitrogens with zero attached hydrogens (tertiary/aromatic N) is 3. The first-order valence-corrected chi connectivity index (χ1v) is 11.6. The molecule has 7 nitrogen and oxygen atoms in total. The molecular weight excluding hydrogens is 484 g/mol. The molecule has 1 N–H and O–H groups in total. The van der Waals surface area contributed by atoms with Gasteiger partial charge in [-0.25, -0.2) is 9.97 Å². The average molecular weight is 507 g/mol. The lowest BCUT2D eigenvalue weighted by Crippen LogP contribution is -2.31. The first-order valence-electron chi connectivity index (χ1n) is 10.7. The quantitative estimate of drug-likeness (QED) is 0.286. The number of hydrogen-bond donors (Lipinski definition) is 1. The molecule has 168 valence electrons. The van der Waals surface area contributed by atoms with Gasteiger partial charge in [-0.3, -0.25) is 4.79 Å². The van der Waals surface area contributed by atoms with E-state index >= 15 is 0 Å². The van der Waals surface area contributed by atoms with Crippen LogP contribution in [0.2, 0.25) is 0 Å². The molecule has 33 heavy (non-hydrogen) atoms. The number of anilines is 2. The molecule has 4 atom stereocenters. The number of para-hydroxylation sites is 1.